The maximum Gasteiger partial charge on any atom is 0.215 e. The van der Waals surface area contributed by atoms with Crippen molar-refractivity contribution < 1.29 is 0 Å². The summed E-state index contributed by atoms with van der Waals surface area (Å²) >= 11 is 0. The van der Waals surface area contributed by atoms with Gasteiger partial charge in [0.05, 0.1) is 0 Å². The molecular weight excluding hydrogens is 202 g/mol. The van der Waals surface area contributed by atoms with Crippen LogP contribution < -0.4 is 11.5 Å². The van der Waals surface area contributed by atoms with Crippen LogP contribution in [0.4, 0.5) is 0 Å². The molecule has 0 aromatic rings. The number of nitrogens with one attached hydrogen (secondary N) is 1. The quantitative estimate of drug-likeness (QED) is 0.472. The second kappa shape index (κ2) is 4.31. The number of rotatable bonds is 2. The minimum Gasteiger partial charge on any atom is -0.369 e. The Morgan fingerprint density at radius 2 is 2.12 bits per heavy atom. The van der Waals surface area contributed by atoms with Crippen LogP contribution in [0.2, 0.25) is 0 Å². The minimum atomic E-state index is -0.225. The standard InChI is InChI=1S/C11H21N5/c1-16(11(14)15-10(12)13)6-9-5-7-2-3-8(9)4-7/h7-9H,2-6H2,1H3,(H5,12,13,14,15). The molecule has 2 fully saturated rings. The van der Waals surface area contributed by atoms with Crippen molar-refractivity contribution in [1.82, 2.24) is 4.90 Å². The summed E-state index contributed by atoms with van der Waals surface area (Å²) in [5.74, 6) is 2.73. The Kier molecular flexibility index (Phi) is 3.03. The third-order valence-corrected chi connectivity index (χ3v) is 4.02. The van der Waals surface area contributed by atoms with Crippen molar-refractivity contribution in [3.63, 3.8) is 0 Å². The van der Waals surface area contributed by atoms with E-state index in [-0.39, 0.29) is 5.96 Å². The Morgan fingerprint density at radius 1 is 1.38 bits per heavy atom. The van der Waals surface area contributed by atoms with Gasteiger partial charge in [-0.25, -0.2) is 0 Å². The molecule has 2 saturated carbocycles. The van der Waals surface area contributed by atoms with Crippen molar-refractivity contribution in [2.24, 2.45) is 34.2 Å². The Morgan fingerprint density at radius 3 is 2.62 bits per heavy atom. The van der Waals surface area contributed by atoms with Gasteiger partial charge in [0.15, 0.2) is 5.96 Å². The molecule has 3 atom stereocenters. The normalized spacial score (nSPS) is 33.1. The van der Waals surface area contributed by atoms with Crippen LogP contribution in [0, 0.1) is 23.2 Å². The summed E-state index contributed by atoms with van der Waals surface area (Å²) in [6.07, 6.45) is 5.54. The molecule has 0 aromatic heterocycles. The molecule has 2 aliphatic rings. The first-order chi connectivity index (χ1) is 7.56. The van der Waals surface area contributed by atoms with E-state index >= 15 is 0 Å². The lowest BCUT2D eigenvalue weighted by Crippen LogP contribution is -2.39. The fourth-order valence-electron chi connectivity index (χ4n) is 3.25. The van der Waals surface area contributed by atoms with Crippen molar-refractivity contribution in [2.45, 2.75) is 25.7 Å². The lowest BCUT2D eigenvalue weighted by atomic mass is 9.88. The number of hydrogen-bond acceptors (Lipinski definition) is 1. The first kappa shape index (κ1) is 11.2. The van der Waals surface area contributed by atoms with Gasteiger partial charge in [0.2, 0.25) is 5.96 Å². The lowest BCUT2D eigenvalue weighted by Gasteiger charge is -2.27. The van der Waals surface area contributed by atoms with E-state index in [9.17, 15) is 0 Å². The highest BCUT2D eigenvalue weighted by molar-refractivity contribution is 5.91. The van der Waals surface area contributed by atoms with Crippen molar-refractivity contribution in [2.75, 3.05) is 13.6 Å². The fraction of sp³-hybridized carbons (Fsp3) is 0.818. The zero-order valence-electron chi connectivity index (χ0n) is 9.82. The predicted octanol–water partition coefficient (Wildman–Crippen LogP) is 0.563. The van der Waals surface area contributed by atoms with Crippen LogP contribution in [0.15, 0.2) is 4.99 Å². The van der Waals surface area contributed by atoms with E-state index in [1.54, 1.807) is 0 Å². The van der Waals surface area contributed by atoms with Gasteiger partial charge in [0.1, 0.15) is 0 Å². The van der Waals surface area contributed by atoms with Gasteiger partial charge < -0.3 is 16.4 Å². The molecule has 5 nitrogen and oxygen atoms in total. The highest BCUT2D eigenvalue weighted by Gasteiger charge is 2.39. The molecule has 0 spiro atoms. The smallest absolute Gasteiger partial charge is 0.215 e. The predicted molar refractivity (Wildman–Crippen MR) is 65.1 cm³/mol. The second-order valence-electron chi connectivity index (χ2n) is 5.17. The minimum absolute atomic E-state index is 0.225. The van der Waals surface area contributed by atoms with Gasteiger partial charge in [0, 0.05) is 13.6 Å². The molecule has 0 aromatic carbocycles. The Bertz CT molecular complexity index is 311. The lowest BCUT2D eigenvalue weighted by molar-refractivity contribution is 0.275. The summed E-state index contributed by atoms with van der Waals surface area (Å²) < 4.78 is 0. The highest BCUT2D eigenvalue weighted by atomic mass is 15.2. The summed E-state index contributed by atoms with van der Waals surface area (Å²) in [6, 6.07) is 0. The Balaban J connectivity index is 1.88. The molecular formula is C11H21N5. The summed E-state index contributed by atoms with van der Waals surface area (Å²) in [6.45, 7) is 0.948. The van der Waals surface area contributed by atoms with Crippen LogP contribution in [0.5, 0.6) is 0 Å². The Hall–Kier alpha value is -1.26. The zero-order valence-corrected chi connectivity index (χ0v) is 9.82. The van der Waals surface area contributed by atoms with Crippen LogP contribution in [0.1, 0.15) is 25.7 Å². The maximum absolute atomic E-state index is 7.07. The largest absolute Gasteiger partial charge is 0.369 e. The monoisotopic (exact) mass is 223 g/mol. The number of guanidine groups is 2. The third-order valence-electron chi connectivity index (χ3n) is 4.02. The third kappa shape index (κ3) is 2.28. The average Bonchev–Trinajstić information content (AvgIpc) is 2.77. The van der Waals surface area contributed by atoms with Crippen molar-refractivity contribution in [3.05, 3.63) is 0 Å². The van der Waals surface area contributed by atoms with Gasteiger partial charge in [-0.3, -0.25) is 5.41 Å². The molecule has 16 heavy (non-hydrogen) atoms. The second-order valence-corrected chi connectivity index (χ2v) is 5.17. The maximum atomic E-state index is 7.07. The molecule has 2 rings (SSSR count). The van der Waals surface area contributed by atoms with E-state index in [0.29, 0.717) is 5.96 Å². The van der Waals surface area contributed by atoms with E-state index in [1.807, 2.05) is 11.9 Å². The van der Waals surface area contributed by atoms with Gasteiger partial charge in [-0.15, -0.1) is 0 Å². The molecule has 5 heteroatoms. The molecule has 3 unspecified atom stereocenters. The molecule has 0 amide bonds. The summed E-state index contributed by atoms with van der Waals surface area (Å²) in [7, 11) is 1.92. The fourth-order valence-corrected chi connectivity index (χ4v) is 3.25. The molecule has 2 aliphatic carbocycles. The highest BCUT2D eigenvalue weighted by Crippen LogP contribution is 2.48. The van der Waals surface area contributed by atoms with E-state index in [1.165, 1.54) is 25.7 Å². The van der Waals surface area contributed by atoms with Gasteiger partial charge in [0.25, 0.3) is 0 Å². The average molecular weight is 223 g/mol. The molecule has 0 heterocycles. The number of nitrogens with two attached hydrogens (primary N) is 2. The molecule has 90 valence electrons. The van der Waals surface area contributed by atoms with Crippen LogP contribution in [0.25, 0.3) is 0 Å². The number of nitrogens with zero attached hydrogens (tertiary/aromatic N) is 2. The molecule has 5 N–H and O–H groups in total. The SMILES string of the molecule is CN(CC1CC2CCC1C2)/C(N)=N/C(=N)N. The van der Waals surface area contributed by atoms with Gasteiger partial charge in [-0.2, -0.15) is 4.99 Å². The molecule has 0 radical (unpaired) electrons. The number of aliphatic imine (C=N–C) groups is 1. The summed E-state index contributed by atoms with van der Waals surface area (Å²) in [4.78, 5) is 5.69. The van der Waals surface area contributed by atoms with Gasteiger partial charge >= 0.3 is 0 Å². The first-order valence-electron chi connectivity index (χ1n) is 5.95. The van der Waals surface area contributed by atoms with Crippen molar-refractivity contribution in [1.29, 1.82) is 5.41 Å². The first-order valence-corrected chi connectivity index (χ1v) is 5.95. The number of hydrogen-bond donors (Lipinski definition) is 3. The van der Waals surface area contributed by atoms with E-state index in [0.717, 1.165) is 24.3 Å². The van der Waals surface area contributed by atoms with Crippen molar-refractivity contribution >= 4 is 11.9 Å². The van der Waals surface area contributed by atoms with E-state index in [4.69, 9.17) is 16.9 Å². The molecule has 0 saturated heterocycles. The van der Waals surface area contributed by atoms with Gasteiger partial charge in [-0.05, 0) is 37.0 Å². The molecule has 2 bridgehead atoms. The van der Waals surface area contributed by atoms with E-state index in [2.05, 4.69) is 4.99 Å². The zero-order chi connectivity index (χ0) is 11.7. The van der Waals surface area contributed by atoms with Gasteiger partial charge in [-0.1, -0.05) is 6.42 Å². The van der Waals surface area contributed by atoms with Crippen molar-refractivity contribution in [3.8, 4) is 0 Å². The number of fused-ring (bicyclic) bond motifs is 2. The summed E-state index contributed by atoms with van der Waals surface area (Å²) in [5.41, 5.74) is 10.9. The molecule has 0 aliphatic heterocycles. The van der Waals surface area contributed by atoms with Crippen LogP contribution >= 0.6 is 0 Å². The van der Waals surface area contributed by atoms with Crippen LogP contribution in [0.3, 0.4) is 0 Å². The topological polar surface area (TPSA) is 91.5 Å². The Labute approximate surface area is 96.4 Å². The van der Waals surface area contributed by atoms with Crippen LogP contribution in [-0.4, -0.2) is 30.4 Å². The summed E-state index contributed by atoms with van der Waals surface area (Å²) in [5, 5.41) is 7.07. The van der Waals surface area contributed by atoms with E-state index < -0.39 is 0 Å². The van der Waals surface area contributed by atoms with Crippen LogP contribution in [-0.2, 0) is 0 Å².